The number of amides is 2. The second-order valence-corrected chi connectivity index (χ2v) is 8.57. The third-order valence-electron chi connectivity index (χ3n) is 4.92. The van der Waals surface area contributed by atoms with E-state index in [0.717, 1.165) is 17.3 Å². The molecule has 1 fully saturated rings. The Kier molecular flexibility index (Phi) is 4.91. The lowest BCUT2D eigenvalue weighted by atomic mass is 9.80. The van der Waals surface area contributed by atoms with E-state index in [1.165, 1.54) is 4.57 Å². The molecule has 2 heterocycles. The molecule has 1 aliphatic rings. The van der Waals surface area contributed by atoms with Gasteiger partial charge in [0.05, 0.1) is 15.5 Å². The summed E-state index contributed by atoms with van der Waals surface area (Å²) in [5, 5.41) is 2.58. The van der Waals surface area contributed by atoms with Gasteiger partial charge in [0.2, 0.25) is 5.91 Å². The van der Waals surface area contributed by atoms with Crippen molar-refractivity contribution in [2.45, 2.75) is 17.7 Å². The van der Waals surface area contributed by atoms with E-state index in [9.17, 15) is 14.4 Å². The van der Waals surface area contributed by atoms with Crippen LogP contribution in [0.5, 0.6) is 5.75 Å². The van der Waals surface area contributed by atoms with Gasteiger partial charge in [-0.2, -0.15) is 0 Å². The molecule has 0 unspecified atom stereocenters. The average Bonchev–Trinajstić information content (AvgIpc) is 2.96. The summed E-state index contributed by atoms with van der Waals surface area (Å²) >= 11 is 1.01. The zero-order valence-electron chi connectivity index (χ0n) is 16.0. The van der Waals surface area contributed by atoms with Crippen LogP contribution in [0, 0.1) is 0 Å². The number of nitrogens with one attached hydrogen (secondary N) is 1. The number of nitrogens with zero attached hydrogens (tertiary/aromatic N) is 2. The summed E-state index contributed by atoms with van der Waals surface area (Å²) in [7, 11) is 3.43. The minimum Gasteiger partial charge on any atom is -0.486 e. The van der Waals surface area contributed by atoms with Crippen LogP contribution in [-0.4, -0.2) is 33.2 Å². The number of para-hydroxylation sites is 1. The fourth-order valence-corrected chi connectivity index (χ4v) is 4.19. The minimum atomic E-state index is -0.799. The molecular formula is C20H18BN3O4S. The fraction of sp³-hybridized carbons (Fsp3) is 0.200. The van der Waals surface area contributed by atoms with Crippen molar-refractivity contribution in [2.24, 2.45) is 7.05 Å². The van der Waals surface area contributed by atoms with Gasteiger partial charge in [-0.25, -0.2) is 4.98 Å². The van der Waals surface area contributed by atoms with Crippen molar-refractivity contribution in [3.63, 3.8) is 0 Å². The number of ether oxygens (including phenoxy) is 1. The smallest absolute Gasteiger partial charge is 0.285 e. The van der Waals surface area contributed by atoms with Crippen molar-refractivity contribution in [2.75, 3.05) is 0 Å². The van der Waals surface area contributed by atoms with Gasteiger partial charge in [0, 0.05) is 7.05 Å². The van der Waals surface area contributed by atoms with E-state index in [1.807, 2.05) is 24.3 Å². The molecule has 7 nitrogen and oxygen atoms in total. The summed E-state index contributed by atoms with van der Waals surface area (Å²) in [5.41, 5.74) is 1.45. The van der Waals surface area contributed by atoms with E-state index >= 15 is 0 Å². The molecule has 29 heavy (non-hydrogen) atoms. The maximum atomic E-state index is 12.5. The van der Waals surface area contributed by atoms with E-state index in [-0.39, 0.29) is 23.3 Å². The molecule has 0 spiro atoms. The molecule has 2 amide bonds. The Morgan fingerprint density at radius 3 is 2.55 bits per heavy atom. The Morgan fingerprint density at radius 1 is 1.14 bits per heavy atom. The summed E-state index contributed by atoms with van der Waals surface area (Å²) in [6.07, 6.45) is 0.441. The largest absolute Gasteiger partial charge is 0.486 e. The van der Waals surface area contributed by atoms with Crippen molar-refractivity contribution < 1.29 is 14.3 Å². The highest BCUT2D eigenvalue weighted by Crippen LogP contribution is 2.32. The van der Waals surface area contributed by atoms with Crippen LogP contribution in [0.15, 0.2) is 53.3 Å². The number of rotatable bonds is 5. The fourth-order valence-electron chi connectivity index (χ4n) is 3.25. The van der Waals surface area contributed by atoms with E-state index in [4.69, 9.17) is 4.74 Å². The van der Waals surface area contributed by atoms with Gasteiger partial charge in [-0.1, -0.05) is 36.0 Å². The number of carbonyl (C=O) groups excluding carboxylic acids is 2. The van der Waals surface area contributed by atoms with Gasteiger partial charge >= 0.3 is 0 Å². The van der Waals surface area contributed by atoms with Gasteiger partial charge in [-0.3, -0.25) is 24.3 Å². The van der Waals surface area contributed by atoms with Gasteiger partial charge in [0.1, 0.15) is 26.0 Å². The lowest BCUT2D eigenvalue weighted by Crippen LogP contribution is -2.38. The van der Waals surface area contributed by atoms with Gasteiger partial charge in [0.25, 0.3) is 10.8 Å². The molecular weight excluding hydrogens is 389 g/mol. The summed E-state index contributed by atoms with van der Waals surface area (Å²) in [6.45, 7) is 0.153. The van der Waals surface area contributed by atoms with Gasteiger partial charge in [-0.15, -0.1) is 0 Å². The number of hydrogen-bond donors (Lipinski definition) is 1. The maximum Gasteiger partial charge on any atom is 0.285 e. The van der Waals surface area contributed by atoms with Gasteiger partial charge < -0.3 is 4.74 Å². The van der Waals surface area contributed by atoms with Crippen LogP contribution in [0.4, 0.5) is 4.79 Å². The number of aromatic nitrogens is 2. The first-order valence-corrected chi connectivity index (χ1v) is 9.88. The second kappa shape index (κ2) is 7.40. The first kappa shape index (κ1) is 19.3. The van der Waals surface area contributed by atoms with Gasteiger partial charge in [0.15, 0.2) is 0 Å². The van der Waals surface area contributed by atoms with Crippen LogP contribution in [0.25, 0.3) is 10.9 Å². The van der Waals surface area contributed by atoms with Crippen LogP contribution in [0.1, 0.15) is 11.4 Å². The third-order valence-corrected chi connectivity index (χ3v) is 5.99. The van der Waals surface area contributed by atoms with Crippen LogP contribution in [0.3, 0.4) is 0 Å². The molecule has 1 aliphatic heterocycles. The number of benzene rings is 2. The maximum absolute atomic E-state index is 12.5. The van der Waals surface area contributed by atoms with E-state index in [2.05, 4.69) is 10.3 Å². The molecule has 1 N–H and O–H groups in total. The molecule has 9 heteroatoms. The molecule has 1 aromatic heterocycles. The summed E-state index contributed by atoms with van der Waals surface area (Å²) in [4.78, 5) is 40.4. The molecule has 1 saturated heterocycles. The SMILES string of the molecule is B[C@]1(Cc2ccc(OCc3nc4ccccc4c(=O)n3C)cc2)SC(=O)NC1=O. The molecule has 0 aliphatic carbocycles. The Labute approximate surface area is 171 Å². The standard InChI is InChI=1S/C20H18BN3O4S/c1-24-16(22-15-5-3-2-4-14(15)17(24)25)11-28-13-8-6-12(7-9-13)10-20(21)18(26)23-19(27)29-20/h2-9H,10-11,21H2,1H3,(H,23,26,27)/t20-/m1/s1. The Bertz CT molecular complexity index is 1180. The molecule has 3 aromatic rings. The molecule has 2 aromatic carbocycles. The zero-order valence-corrected chi connectivity index (χ0v) is 16.8. The quantitative estimate of drug-likeness (QED) is 0.643. The number of imide groups is 1. The Balaban J connectivity index is 1.47. The number of fused-ring (bicyclic) bond motifs is 1. The zero-order chi connectivity index (χ0) is 20.6. The molecule has 0 saturated carbocycles. The minimum absolute atomic E-state index is 0.111. The van der Waals surface area contributed by atoms with E-state index in [0.29, 0.717) is 28.9 Å². The molecule has 4 rings (SSSR count). The normalized spacial score (nSPS) is 18.8. The topological polar surface area (TPSA) is 90.3 Å². The van der Waals surface area contributed by atoms with Crippen molar-refractivity contribution in [3.8, 4) is 5.75 Å². The highest BCUT2D eigenvalue weighted by atomic mass is 32.2. The monoisotopic (exact) mass is 407 g/mol. The van der Waals surface area contributed by atoms with Crippen LogP contribution in [-0.2, 0) is 24.9 Å². The molecule has 146 valence electrons. The number of carbonyl (C=O) groups is 2. The number of thioether (sulfide) groups is 1. The highest BCUT2D eigenvalue weighted by molar-refractivity contribution is 8.17. The van der Waals surface area contributed by atoms with Crippen LogP contribution >= 0.6 is 11.8 Å². The van der Waals surface area contributed by atoms with Crippen LogP contribution in [0.2, 0.25) is 0 Å². The first-order valence-electron chi connectivity index (χ1n) is 9.06. The summed E-state index contributed by atoms with van der Waals surface area (Å²) in [6, 6.07) is 14.5. The third kappa shape index (κ3) is 3.78. The molecule has 0 radical (unpaired) electrons. The average molecular weight is 407 g/mol. The van der Waals surface area contributed by atoms with Crippen molar-refractivity contribution >= 4 is 41.7 Å². The Morgan fingerprint density at radius 2 is 1.86 bits per heavy atom. The lowest BCUT2D eigenvalue weighted by Gasteiger charge is -2.18. The van der Waals surface area contributed by atoms with Crippen molar-refractivity contribution in [1.29, 1.82) is 0 Å². The Hall–Kier alpha value is -3.07. The first-order chi connectivity index (χ1) is 13.9. The molecule has 1 atom stereocenters. The lowest BCUT2D eigenvalue weighted by molar-refractivity contribution is -0.119. The van der Waals surface area contributed by atoms with Crippen LogP contribution < -0.4 is 15.6 Å². The predicted octanol–water partition coefficient (Wildman–Crippen LogP) is 1.37. The second-order valence-electron chi connectivity index (χ2n) is 7.09. The number of hydrogen-bond acceptors (Lipinski definition) is 6. The highest BCUT2D eigenvalue weighted by Gasteiger charge is 2.43. The molecule has 0 bridgehead atoms. The van der Waals surface area contributed by atoms with Gasteiger partial charge in [-0.05, 0) is 36.2 Å². The van der Waals surface area contributed by atoms with Crippen molar-refractivity contribution in [3.05, 3.63) is 70.3 Å². The van der Waals surface area contributed by atoms with Crippen molar-refractivity contribution in [1.82, 2.24) is 14.9 Å². The van der Waals surface area contributed by atoms with E-state index < -0.39 is 4.65 Å². The predicted molar refractivity (Wildman–Crippen MR) is 114 cm³/mol. The summed E-state index contributed by atoms with van der Waals surface area (Å²) < 4.78 is 6.50. The summed E-state index contributed by atoms with van der Waals surface area (Å²) in [5.74, 6) is 0.889. The van der Waals surface area contributed by atoms with E-state index in [1.54, 1.807) is 39.2 Å².